The third-order valence-electron chi connectivity index (χ3n) is 2.94. The third kappa shape index (κ3) is 3.49. The summed E-state index contributed by atoms with van der Waals surface area (Å²) >= 11 is 5.99. The number of hydrogen-bond acceptors (Lipinski definition) is 4. The summed E-state index contributed by atoms with van der Waals surface area (Å²) in [7, 11) is -3.16. The van der Waals surface area contributed by atoms with Crippen molar-refractivity contribution in [3.63, 3.8) is 0 Å². The Morgan fingerprint density at radius 1 is 1.20 bits per heavy atom. The lowest BCUT2D eigenvalue weighted by Crippen LogP contribution is -2.07. The quantitative estimate of drug-likeness (QED) is 0.880. The highest BCUT2D eigenvalue weighted by atomic mass is 35.5. The Morgan fingerprint density at radius 3 is 2.40 bits per heavy atom. The number of aromatic nitrogens is 1. The minimum absolute atomic E-state index is 0.00897. The highest BCUT2D eigenvalue weighted by Crippen LogP contribution is 2.24. The average molecular weight is 311 g/mol. The second kappa shape index (κ2) is 5.81. The van der Waals surface area contributed by atoms with Gasteiger partial charge in [-0.25, -0.2) is 13.4 Å². The second-order valence-electron chi connectivity index (χ2n) is 4.55. The van der Waals surface area contributed by atoms with Gasteiger partial charge < -0.3 is 5.32 Å². The Hall–Kier alpha value is -1.59. The number of rotatable bonds is 4. The molecule has 0 saturated heterocycles. The number of nitrogens with one attached hydrogen (secondary N) is 1. The summed E-state index contributed by atoms with van der Waals surface area (Å²) < 4.78 is 22.8. The van der Waals surface area contributed by atoms with Gasteiger partial charge in [0.05, 0.1) is 10.6 Å². The van der Waals surface area contributed by atoms with Crippen LogP contribution in [0.2, 0.25) is 5.15 Å². The molecule has 20 heavy (non-hydrogen) atoms. The molecule has 0 radical (unpaired) electrons. The van der Waals surface area contributed by atoms with Gasteiger partial charge in [-0.1, -0.05) is 23.7 Å². The van der Waals surface area contributed by atoms with Gasteiger partial charge >= 0.3 is 0 Å². The smallest absolute Gasteiger partial charge is 0.175 e. The molecule has 1 N–H and O–H groups in total. The van der Waals surface area contributed by atoms with Crippen LogP contribution in [0.5, 0.6) is 0 Å². The molecule has 6 heteroatoms. The molecule has 0 aliphatic carbocycles. The number of nitrogens with zero attached hydrogens (tertiary/aromatic N) is 1. The Labute approximate surface area is 123 Å². The van der Waals surface area contributed by atoms with E-state index in [2.05, 4.69) is 10.3 Å². The lowest BCUT2D eigenvalue weighted by Gasteiger charge is -2.16. The van der Waals surface area contributed by atoms with E-state index in [1.807, 2.05) is 13.0 Å². The van der Waals surface area contributed by atoms with Crippen LogP contribution in [0.4, 0.5) is 5.69 Å². The first-order chi connectivity index (χ1) is 9.38. The molecule has 1 atom stereocenters. The number of sulfone groups is 1. The van der Waals surface area contributed by atoms with Crippen molar-refractivity contribution in [1.82, 2.24) is 4.98 Å². The van der Waals surface area contributed by atoms with Crippen LogP contribution in [-0.2, 0) is 9.84 Å². The fraction of sp³-hybridized carbons (Fsp3) is 0.214. The summed E-state index contributed by atoms with van der Waals surface area (Å²) in [6, 6.07) is 10.4. The van der Waals surface area contributed by atoms with Crippen molar-refractivity contribution in [2.24, 2.45) is 0 Å². The van der Waals surface area contributed by atoms with Gasteiger partial charge in [0.25, 0.3) is 0 Å². The topological polar surface area (TPSA) is 59.1 Å². The van der Waals surface area contributed by atoms with Crippen molar-refractivity contribution >= 4 is 27.1 Å². The van der Waals surface area contributed by atoms with Gasteiger partial charge in [-0.05, 0) is 36.8 Å². The summed E-state index contributed by atoms with van der Waals surface area (Å²) in [6.07, 6.45) is 2.82. The zero-order valence-corrected chi connectivity index (χ0v) is 12.7. The molecule has 2 aromatic rings. The van der Waals surface area contributed by atoms with Crippen LogP contribution in [-0.4, -0.2) is 19.7 Å². The van der Waals surface area contributed by atoms with Crippen molar-refractivity contribution in [2.45, 2.75) is 17.9 Å². The molecule has 0 fully saturated rings. The van der Waals surface area contributed by atoms with Crippen molar-refractivity contribution in [3.8, 4) is 0 Å². The van der Waals surface area contributed by atoms with Crippen LogP contribution in [0.25, 0.3) is 0 Å². The van der Waals surface area contributed by atoms with E-state index in [4.69, 9.17) is 11.6 Å². The molecule has 0 aliphatic rings. The maximum atomic E-state index is 11.4. The maximum Gasteiger partial charge on any atom is 0.175 e. The standard InChI is InChI=1S/C14H15ClN2O2S/c1-10(17-13-4-3-9-16-14(13)15)11-5-7-12(8-6-11)20(2,18)19/h3-10,17H,1-2H3. The van der Waals surface area contributed by atoms with Crippen molar-refractivity contribution in [3.05, 3.63) is 53.3 Å². The molecule has 0 amide bonds. The zero-order chi connectivity index (χ0) is 14.8. The van der Waals surface area contributed by atoms with Crippen LogP contribution >= 0.6 is 11.6 Å². The lowest BCUT2D eigenvalue weighted by molar-refractivity contribution is 0.602. The molecule has 0 spiro atoms. The summed E-state index contributed by atoms with van der Waals surface area (Å²) in [6.45, 7) is 1.97. The average Bonchev–Trinajstić information content (AvgIpc) is 2.40. The minimum Gasteiger partial charge on any atom is -0.376 e. The molecule has 106 valence electrons. The number of halogens is 1. The molecule has 1 unspecified atom stereocenters. The fourth-order valence-corrected chi connectivity index (χ4v) is 2.62. The molecule has 1 heterocycles. The first kappa shape index (κ1) is 14.8. The Morgan fingerprint density at radius 2 is 1.85 bits per heavy atom. The summed E-state index contributed by atoms with van der Waals surface area (Å²) in [5.74, 6) is 0. The van der Waals surface area contributed by atoms with Crippen LogP contribution in [0.15, 0.2) is 47.5 Å². The molecule has 2 rings (SSSR count). The Kier molecular flexibility index (Phi) is 4.30. The fourth-order valence-electron chi connectivity index (χ4n) is 1.81. The second-order valence-corrected chi connectivity index (χ2v) is 6.92. The van der Waals surface area contributed by atoms with Gasteiger partial charge in [0.1, 0.15) is 0 Å². The van der Waals surface area contributed by atoms with Gasteiger partial charge in [0.2, 0.25) is 0 Å². The number of pyridine rings is 1. The van der Waals surface area contributed by atoms with E-state index in [0.29, 0.717) is 10.0 Å². The molecular weight excluding hydrogens is 296 g/mol. The van der Waals surface area contributed by atoms with Crippen LogP contribution in [0.1, 0.15) is 18.5 Å². The largest absolute Gasteiger partial charge is 0.376 e. The summed E-state index contributed by atoms with van der Waals surface area (Å²) in [4.78, 5) is 4.31. The number of benzene rings is 1. The van der Waals surface area contributed by atoms with Crippen molar-refractivity contribution in [2.75, 3.05) is 11.6 Å². The van der Waals surface area contributed by atoms with Gasteiger partial charge in [-0.2, -0.15) is 0 Å². The summed E-state index contributed by atoms with van der Waals surface area (Å²) in [5, 5.41) is 3.65. The number of anilines is 1. The van der Waals surface area contributed by atoms with Gasteiger partial charge in [-0.3, -0.25) is 0 Å². The van der Waals surface area contributed by atoms with Crippen molar-refractivity contribution < 1.29 is 8.42 Å². The van der Waals surface area contributed by atoms with E-state index < -0.39 is 9.84 Å². The third-order valence-corrected chi connectivity index (χ3v) is 4.37. The Balaban J connectivity index is 2.18. The van der Waals surface area contributed by atoms with Crippen LogP contribution < -0.4 is 5.32 Å². The Bertz CT molecular complexity index is 699. The zero-order valence-electron chi connectivity index (χ0n) is 11.2. The van der Waals surface area contributed by atoms with E-state index in [-0.39, 0.29) is 6.04 Å². The minimum atomic E-state index is -3.16. The van der Waals surface area contributed by atoms with Crippen LogP contribution in [0.3, 0.4) is 0 Å². The normalized spacial score (nSPS) is 12.9. The van der Waals surface area contributed by atoms with Gasteiger partial charge in [-0.15, -0.1) is 0 Å². The monoisotopic (exact) mass is 310 g/mol. The SMILES string of the molecule is CC(Nc1cccnc1Cl)c1ccc(S(C)(=O)=O)cc1. The highest BCUT2D eigenvalue weighted by molar-refractivity contribution is 7.90. The first-order valence-corrected chi connectivity index (χ1v) is 8.32. The van der Waals surface area contributed by atoms with E-state index in [1.54, 1.807) is 36.5 Å². The maximum absolute atomic E-state index is 11.4. The molecule has 1 aromatic heterocycles. The van der Waals surface area contributed by atoms with E-state index in [0.717, 1.165) is 11.3 Å². The molecule has 0 aliphatic heterocycles. The number of hydrogen-bond donors (Lipinski definition) is 1. The molecule has 0 saturated carbocycles. The van der Waals surface area contributed by atoms with Crippen LogP contribution in [0, 0.1) is 0 Å². The lowest BCUT2D eigenvalue weighted by atomic mass is 10.1. The predicted octanol–water partition coefficient (Wildman–Crippen LogP) is 3.31. The summed E-state index contributed by atoms with van der Waals surface area (Å²) in [5.41, 5.74) is 1.71. The van der Waals surface area contributed by atoms with E-state index >= 15 is 0 Å². The van der Waals surface area contributed by atoms with E-state index in [1.165, 1.54) is 6.26 Å². The highest BCUT2D eigenvalue weighted by Gasteiger charge is 2.10. The molecular formula is C14H15ClN2O2S. The van der Waals surface area contributed by atoms with Gasteiger partial charge in [0.15, 0.2) is 15.0 Å². The molecule has 0 bridgehead atoms. The molecule has 1 aromatic carbocycles. The van der Waals surface area contributed by atoms with Gasteiger partial charge in [0, 0.05) is 18.5 Å². The first-order valence-electron chi connectivity index (χ1n) is 6.05. The molecule has 4 nitrogen and oxygen atoms in total. The predicted molar refractivity (Wildman–Crippen MR) is 80.8 cm³/mol. The van der Waals surface area contributed by atoms with E-state index in [9.17, 15) is 8.42 Å². The van der Waals surface area contributed by atoms with Crippen molar-refractivity contribution in [1.29, 1.82) is 0 Å².